The molecule has 0 amide bonds. The highest BCUT2D eigenvalue weighted by molar-refractivity contribution is 5.72. The first-order valence-electron chi connectivity index (χ1n) is 7.08. The van der Waals surface area contributed by atoms with Crippen molar-refractivity contribution in [1.82, 2.24) is 4.98 Å². The van der Waals surface area contributed by atoms with Crippen molar-refractivity contribution in [1.29, 1.82) is 5.26 Å². The first-order valence-corrected chi connectivity index (χ1v) is 7.08. The van der Waals surface area contributed by atoms with Crippen LogP contribution < -0.4 is 10.3 Å². The number of nitrogens with zero attached hydrogens (tertiary/aromatic N) is 1. The van der Waals surface area contributed by atoms with Crippen LogP contribution in [-0.2, 0) is 9.53 Å². The van der Waals surface area contributed by atoms with Gasteiger partial charge >= 0.3 is 5.97 Å². The fraction of sp³-hybridized carbons (Fsp3) is 0.235. The number of aromatic amines is 1. The summed E-state index contributed by atoms with van der Waals surface area (Å²) in [5.41, 5.74) is 1.61. The Kier molecular flexibility index (Phi) is 5.15. The van der Waals surface area contributed by atoms with Crippen LogP contribution in [0.5, 0.6) is 5.75 Å². The number of pyridine rings is 1. The van der Waals surface area contributed by atoms with Crippen LogP contribution in [0.15, 0.2) is 35.1 Å². The molecule has 0 radical (unpaired) electrons. The minimum atomic E-state index is -0.437. The number of nitriles is 1. The Balaban J connectivity index is 2.22. The van der Waals surface area contributed by atoms with Crippen molar-refractivity contribution in [2.75, 3.05) is 13.2 Å². The van der Waals surface area contributed by atoms with Gasteiger partial charge in [0.25, 0.3) is 5.56 Å². The van der Waals surface area contributed by atoms with Crippen LogP contribution in [0.4, 0.5) is 0 Å². The van der Waals surface area contributed by atoms with Gasteiger partial charge in [0.1, 0.15) is 17.4 Å². The third kappa shape index (κ3) is 3.98. The number of rotatable bonds is 5. The van der Waals surface area contributed by atoms with E-state index in [1.165, 1.54) is 0 Å². The van der Waals surface area contributed by atoms with Crippen molar-refractivity contribution in [3.63, 3.8) is 0 Å². The third-order valence-electron chi connectivity index (χ3n) is 3.11. The predicted octanol–water partition coefficient (Wildman–Crippen LogP) is 2.16. The van der Waals surface area contributed by atoms with Crippen molar-refractivity contribution in [2.24, 2.45) is 0 Å². The Morgan fingerprint density at radius 1 is 1.30 bits per heavy atom. The summed E-state index contributed by atoms with van der Waals surface area (Å²) in [6.45, 7) is 3.62. The summed E-state index contributed by atoms with van der Waals surface area (Å²) in [4.78, 5) is 25.7. The number of hydrogen-bond acceptors (Lipinski definition) is 5. The zero-order valence-electron chi connectivity index (χ0n) is 12.9. The van der Waals surface area contributed by atoms with Gasteiger partial charge < -0.3 is 14.5 Å². The molecule has 0 fully saturated rings. The van der Waals surface area contributed by atoms with Crippen LogP contribution in [0.2, 0.25) is 0 Å². The second kappa shape index (κ2) is 7.27. The van der Waals surface area contributed by atoms with Gasteiger partial charge in [-0.25, -0.2) is 4.79 Å². The van der Waals surface area contributed by atoms with Crippen molar-refractivity contribution in [2.45, 2.75) is 13.8 Å². The Bertz CT molecular complexity index is 801. The van der Waals surface area contributed by atoms with Crippen molar-refractivity contribution >= 4 is 5.97 Å². The minimum absolute atomic E-state index is 0.0655. The lowest BCUT2D eigenvalue weighted by Crippen LogP contribution is -2.14. The van der Waals surface area contributed by atoms with Crippen LogP contribution in [0.1, 0.15) is 18.2 Å². The van der Waals surface area contributed by atoms with E-state index in [1.54, 1.807) is 44.2 Å². The van der Waals surface area contributed by atoms with E-state index in [4.69, 9.17) is 14.7 Å². The molecule has 0 unspecified atom stereocenters. The minimum Gasteiger partial charge on any atom is -0.482 e. The van der Waals surface area contributed by atoms with E-state index >= 15 is 0 Å². The number of ether oxygens (including phenoxy) is 2. The number of H-pyrrole nitrogens is 1. The van der Waals surface area contributed by atoms with Gasteiger partial charge in [-0.15, -0.1) is 0 Å². The van der Waals surface area contributed by atoms with Gasteiger partial charge in [-0.05, 0) is 37.6 Å². The molecule has 0 aliphatic carbocycles. The molecule has 118 valence electrons. The zero-order valence-corrected chi connectivity index (χ0v) is 12.9. The van der Waals surface area contributed by atoms with E-state index < -0.39 is 11.5 Å². The monoisotopic (exact) mass is 312 g/mol. The number of esters is 1. The fourth-order valence-corrected chi connectivity index (χ4v) is 2.10. The molecule has 1 aromatic carbocycles. The topological polar surface area (TPSA) is 92.2 Å². The summed E-state index contributed by atoms with van der Waals surface area (Å²) in [7, 11) is 0. The first kappa shape index (κ1) is 16.3. The fourth-order valence-electron chi connectivity index (χ4n) is 2.10. The van der Waals surface area contributed by atoms with Crippen LogP contribution in [0.25, 0.3) is 11.1 Å². The molecule has 0 bridgehead atoms. The molecule has 0 saturated heterocycles. The van der Waals surface area contributed by atoms with Gasteiger partial charge in [0.2, 0.25) is 0 Å². The molecule has 6 heteroatoms. The summed E-state index contributed by atoms with van der Waals surface area (Å²) in [6.07, 6.45) is 0. The lowest BCUT2D eigenvalue weighted by Gasteiger charge is -2.08. The maximum atomic E-state index is 11.8. The third-order valence-corrected chi connectivity index (χ3v) is 3.11. The number of nitrogens with one attached hydrogen (secondary N) is 1. The molecule has 2 aromatic rings. The van der Waals surface area contributed by atoms with Gasteiger partial charge in [-0.3, -0.25) is 4.79 Å². The molecule has 1 aromatic heterocycles. The molecule has 2 rings (SSSR count). The highest BCUT2D eigenvalue weighted by Crippen LogP contribution is 2.24. The van der Waals surface area contributed by atoms with E-state index in [0.29, 0.717) is 23.6 Å². The Morgan fingerprint density at radius 3 is 2.61 bits per heavy atom. The van der Waals surface area contributed by atoms with Crippen molar-refractivity contribution in [3.8, 4) is 22.9 Å². The second-order valence-electron chi connectivity index (χ2n) is 4.80. The molecule has 23 heavy (non-hydrogen) atoms. The number of carbonyl (C=O) groups is 1. The van der Waals surface area contributed by atoms with E-state index in [0.717, 1.165) is 5.56 Å². The average Bonchev–Trinajstić information content (AvgIpc) is 2.53. The average molecular weight is 312 g/mol. The molecule has 1 heterocycles. The van der Waals surface area contributed by atoms with Gasteiger partial charge in [-0.1, -0.05) is 12.1 Å². The normalized spacial score (nSPS) is 9.96. The molecular weight excluding hydrogens is 296 g/mol. The quantitative estimate of drug-likeness (QED) is 0.854. The first-order chi connectivity index (χ1) is 11.0. The summed E-state index contributed by atoms with van der Waals surface area (Å²) in [5.74, 6) is 0.0652. The second-order valence-corrected chi connectivity index (χ2v) is 4.80. The summed E-state index contributed by atoms with van der Waals surface area (Å²) < 4.78 is 10.1. The van der Waals surface area contributed by atoms with Gasteiger partial charge in [0.15, 0.2) is 6.61 Å². The molecule has 0 aliphatic heterocycles. The molecule has 0 spiro atoms. The molecule has 0 aliphatic rings. The number of aromatic nitrogens is 1. The number of hydrogen-bond donors (Lipinski definition) is 1. The highest BCUT2D eigenvalue weighted by Gasteiger charge is 2.10. The zero-order chi connectivity index (χ0) is 16.8. The van der Waals surface area contributed by atoms with Crippen LogP contribution in [0, 0.1) is 18.3 Å². The van der Waals surface area contributed by atoms with Gasteiger partial charge in [0, 0.05) is 11.3 Å². The van der Waals surface area contributed by atoms with Crippen LogP contribution in [0.3, 0.4) is 0 Å². The lowest BCUT2D eigenvalue weighted by molar-refractivity contribution is -0.145. The number of benzene rings is 1. The van der Waals surface area contributed by atoms with E-state index in [1.807, 2.05) is 6.07 Å². The summed E-state index contributed by atoms with van der Waals surface area (Å²) in [6, 6.07) is 10.5. The number of carbonyl (C=O) groups excluding carboxylic acids is 1. The number of aryl methyl sites for hydroxylation is 1. The SMILES string of the molecule is CCOC(=O)COc1ccc(-c2cc(C)[nH]c(=O)c2C#N)cc1. The maximum Gasteiger partial charge on any atom is 0.344 e. The standard InChI is InChI=1S/C17H16N2O4/c1-3-22-16(20)10-23-13-6-4-12(5-7-13)14-8-11(2)19-17(21)15(14)9-18/h4-8H,3,10H2,1-2H3,(H,19,21). The van der Waals surface area contributed by atoms with E-state index in [9.17, 15) is 9.59 Å². The summed E-state index contributed by atoms with van der Waals surface area (Å²) in [5, 5.41) is 9.16. The summed E-state index contributed by atoms with van der Waals surface area (Å²) >= 11 is 0. The van der Waals surface area contributed by atoms with Crippen molar-refractivity contribution < 1.29 is 14.3 Å². The molecule has 1 N–H and O–H groups in total. The predicted molar refractivity (Wildman–Crippen MR) is 84.1 cm³/mol. The van der Waals surface area contributed by atoms with Crippen molar-refractivity contribution in [3.05, 3.63) is 51.9 Å². The van der Waals surface area contributed by atoms with Gasteiger partial charge in [-0.2, -0.15) is 5.26 Å². The molecule has 6 nitrogen and oxygen atoms in total. The largest absolute Gasteiger partial charge is 0.482 e. The Labute approximate surface area is 133 Å². The molecule has 0 saturated carbocycles. The lowest BCUT2D eigenvalue weighted by atomic mass is 10.0. The molecular formula is C17H16N2O4. The highest BCUT2D eigenvalue weighted by atomic mass is 16.6. The van der Waals surface area contributed by atoms with Gasteiger partial charge in [0.05, 0.1) is 6.61 Å². The van der Waals surface area contributed by atoms with Crippen LogP contribution >= 0.6 is 0 Å². The smallest absolute Gasteiger partial charge is 0.344 e. The van der Waals surface area contributed by atoms with E-state index in [-0.39, 0.29) is 12.2 Å². The Hall–Kier alpha value is -3.07. The Morgan fingerprint density at radius 2 is 2.00 bits per heavy atom. The maximum absolute atomic E-state index is 11.8. The molecule has 0 atom stereocenters. The van der Waals surface area contributed by atoms with Crippen LogP contribution in [-0.4, -0.2) is 24.2 Å². The van der Waals surface area contributed by atoms with E-state index in [2.05, 4.69) is 4.98 Å².